The SMILES string of the molecule is O=C(c1ccc(Cl)c(Cl)c1)N1CCN([C@H](c2ccccc2)c2ccc(Br)cc2)CC1. The lowest BCUT2D eigenvalue weighted by atomic mass is 9.96. The molecule has 1 fully saturated rings. The highest BCUT2D eigenvalue weighted by Gasteiger charge is 2.28. The molecule has 0 saturated carbocycles. The molecule has 3 aromatic carbocycles. The van der Waals surface area contributed by atoms with Crippen LogP contribution in [-0.2, 0) is 0 Å². The van der Waals surface area contributed by atoms with E-state index in [1.165, 1.54) is 11.1 Å². The first kappa shape index (κ1) is 21.4. The van der Waals surface area contributed by atoms with E-state index < -0.39 is 0 Å². The van der Waals surface area contributed by atoms with Crippen molar-refractivity contribution in [2.24, 2.45) is 0 Å². The second-order valence-corrected chi connectivity index (χ2v) is 9.05. The normalized spacial score (nSPS) is 15.8. The first-order chi connectivity index (χ1) is 14.5. The summed E-state index contributed by atoms with van der Waals surface area (Å²) in [5.74, 6) is -0.00637. The summed E-state index contributed by atoms with van der Waals surface area (Å²) in [6.07, 6.45) is 0. The second kappa shape index (κ2) is 9.52. The fraction of sp³-hybridized carbons (Fsp3) is 0.208. The molecule has 1 amide bonds. The Morgan fingerprint density at radius 1 is 0.800 bits per heavy atom. The summed E-state index contributed by atoms with van der Waals surface area (Å²) in [5.41, 5.74) is 3.07. The van der Waals surface area contributed by atoms with E-state index in [9.17, 15) is 4.79 Å². The third-order valence-electron chi connectivity index (χ3n) is 5.43. The van der Waals surface area contributed by atoms with E-state index in [1.807, 2.05) is 11.0 Å². The Kier molecular flexibility index (Phi) is 6.79. The van der Waals surface area contributed by atoms with Crippen LogP contribution in [-0.4, -0.2) is 41.9 Å². The van der Waals surface area contributed by atoms with E-state index in [-0.39, 0.29) is 11.9 Å². The fourth-order valence-corrected chi connectivity index (χ4v) is 4.45. The first-order valence-electron chi connectivity index (χ1n) is 9.82. The molecule has 1 aliphatic rings. The van der Waals surface area contributed by atoms with Gasteiger partial charge in [0.15, 0.2) is 0 Å². The van der Waals surface area contributed by atoms with Crippen molar-refractivity contribution in [2.45, 2.75) is 6.04 Å². The topological polar surface area (TPSA) is 23.6 Å². The minimum atomic E-state index is -0.00637. The third-order valence-corrected chi connectivity index (χ3v) is 6.70. The average Bonchev–Trinajstić information content (AvgIpc) is 2.78. The molecule has 0 unspecified atom stereocenters. The second-order valence-electron chi connectivity index (χ2n) is 7.32. The van der Waals surface area contributed by atoms with Crippen LogP contribution >= 0.6 is 39.1 Å². The van der Waals surface area contributed by atoms with Crippen molar-refractivity contribution in [3.8, 4) is 0 Å². The summed E-state index contributed by atoms with van der Waals surface area (Å²) < 4.78 is 1.06. The average molecular weight is 504 g/mol. The third kappa shape index (κ3) is 4.73. The lowest BCUT2D eigenvalue weighted by Gasteiger charge is -2.40. The van der Waals surface area contributed by atoms with Crippen molar-refractivity contribution in [1.29, 1.82) is 0 Å². The highest BCUT2D eigenvalue weighted by atomic mass is 79.9. The van der Waals surface area contributed by atoms with Crippen molar-refractivity contribution in [3.05, 3.63) is 104 Å². The summed E-state index contributed by atoms with van der Waals surface area (Å²) in [4.78, 5) is 17.2. The fourth-order valence-electron chi connectivity index (χ4n) is 3.89. The van der Waals surface area contributed by atoms with Gasteiger partial charge in [-0.25, -0.2) is 0 Å². The van der Waals surface area contributed by atoms with Gasteiger partial charge in [0, 0.05) is 36.2 Å². The minimum Gasteiger partial charge on any atom is -0.336 e. The number of nitrogens with zero attached hydrogens (tertiary/aromatic N) is 2. The van der Waals surface area contributed by atoms with Gasteiger partial charge in [-0.05, 0) is 41.5 Å². The summed E-state index contributed by atoms with van der Waals surface area (Å²) in [6.45, 7) is 2.92. The van der Waals surface area contributed by atoms with Crippen LogP contribution in [0, 0.1) is 0 Å². The molecule has 1 aliphatic heterocycles. The number of carbonyl (C=O) groups is 1. The Bertz CT molecular complexity index is 1020. The number of rotatable bonds is 4. The van der Waals surface area contributed by atoms with E-state index in [4.69, 9.17) is 23.2 Å². The first-order valence-corrected chi connectivity index (χ1v) is 11.4. The minimum absolute atomic E-state index is 0.00637. The zero-order valence-electron chi connectivity index (χ0n) is 16.3. The van der Waals surface area contributed by atoms with E-state index >= 15 is 0 Å². The zero-order valence-corrected chi connectivity index (χ0v) is 19.4. The van der Waals surface area contributed by atoms with Gasteiger partial charge in [-0.15, -0.1) is 0 Å². The maximum absolute atomic E-state index is 12.9. The maximum atomic E-state index is 12.9. The molecule has 3 aromatic rings. The van der Waals surface area contributed by atoms with E-state index in [1.54, 1.807) is 18.2 Å². The number of benzene rings is 3. The molecule has 1 saturated heterocycles. The smallest absolute Gasteiger partial charge is 0.253 e. The number of hydrogen-bond acceptors (Lipinski definition) is 2. The summed E-state index contributed by atoms with van der Waals surface area (Å²) in [6, 6.07) is 24.2. The summed E-state index contributed by atoms with van der Waals surface area (Å²) in [7, 11) is 0. The molecule has 154 valence electrons. The number of halogens is 3. The van der Waals surface area contributed by atoms with Gasteiger partial charge in [-0.2, -0.15) is 0 Å². The van der Waals surface area contributed by atoms with Gasteiger partial charge in [0.25, 0.3) is 5.91 Å². The highest BCUT2D eigenvalue weighted by molar-refractivity contribution is 9.10. The van der Waals surface area contributed by atoms with Crippen molar-refractivity contribution in [3.63, 3.8) is 0 Å². The van der Waals surface area contributed by atoms with Crippen LogP contribution in [0.2, 0.25) is 10.0 Å². The maximum Gasteiger partial charge on any atom is 0.253 e. The molecular formula is C24H21BrCl2N2O. The number of carbonyl (C=O) groups excluding carboxylic acids is 1. The van der Waals surface area contributed by atoms with Gasteiger partial charge in [-0.1, -0.05) is 81.6 Å². The van der Waals surface area contributed by atoms with Crippen molar-refractivity contribution < 1.29 is 4.79 Å². The molecule has 0 N–H and O–H groups in total. The van der Waals surface area contributed by atoms with Crippen molar-refractivity contribution in [1.82, 2.24) is 9.80 Å². The van der Waals surface area contributed by atoms with Gasteiger partial charge in [0.05, 0.1) is 16.1 Å². The molecular weight excluding hydrogens is 483 g/mol. The van der Waals surface area contributed by atoms with Gasteiger partial charge in [0.2, 0.25) is 0 Å². The van der Waals surface area contributed by atoms with E-state index in [0.29, 0.717) is 28.7 Å². The Balaban J connectivity index is 1.52. The molecule has 6 heteroatoms. The highest BCUT2D eigenvalue weighted by Crippen LogP contribution is 2.31. The predicted molar refractivity (Wildman–Crippen MR) is 126 cm³/mol. The van der Waals surface area contributed by atoms with Gasteiger partial charge in [-0.3, -0.25) is 9.69 Å². The molecule has 1 heterocycles. The quantitative estimate of drug-likeness (QED) is 0.416. The molecule has 0 radical (unpaired) electrons. The Hall–Kier alpha value is -1.85. The standard InChI is InChI=1S/C24H21BrCl2N2O/c25-20-9-6-18(7-10-20)23(17-4-2-1-3-5-17)28-12-14-29(15-13-28)24(30)19-8-11-21(26)22(27)16-19/h1-11,16,23H,12-15H2/t23-/m1/s1. The van der Waals surface area contributed by atoms with Crippen LogP contribution in [0.25, 0.3) is 0 Å². The van der Waals surface area contributed by atoms with Gasteiger partial charge in [0.1, 0.15) is 0 Å². The number of amides is 1. The molecule has 0 spiro atoms. The van der Waals surface area contributed by atoms with Gasteiger partial charge >= 0.3 is 0 Å². The molecule has 0 aliphatic carbocycles. The largest absolute Gasteiger partial charge is 0.336 e. The molecule has 3 nitrogen and oxygen atoms in total. The van der Waals surface area contributed by atoms with Crippen molar-refractivity contribution >= 4 is 45.0 Å². The van der Waals surface area contributed by atoms with E-state index in [2.05, 4.69) is 69.4 Å². The summed E-state index contributed by atoms with van der Waals surface area (Å²) in [5, 5.41) is 0.860. The lowest BCUT2D eigenvalue weighted by molar-refractivity contribution is 0.0597. The molecule has 30 heavy (non-hydrogen) atoms. The van der Waals surface area contributed by atoms with Crippen LogP contribution in [0.5, 0.6) is 0 Å². The predicted octanol–water partition coefficient (Wildman–Crippen LogP) is 6.30. The molecule has 4 rings (SSSR count). The summed E-state index contributed by atoms with van der Waals surface area (Å²) >= 11 is 15.6. The van der Waals surface area contributed by atoms with Crippen LogP contribution < -0.4 is 0 Å². The van der Waals surface area contributed by atoms with Crippen LogP contribution in [0.15, 0.2) is 77.3 Å². The number of hydrogen-bond donors (Lipinski definition) is 0. The van der Waals surface area contributed by atoms with Crippen LogP contribution in [0.4, 0.5) is 0 Å². The Morgan fingerprint density at radius 3 is 2.07 bits per heavy atom. The van der Waals surface area contributed by atoms with Gasteiger partial charge < -0.3 is 4.90 Å². The lowest BCUT2D eigenvalue weighted by Crippen LogP contribution is -2.49. The zero-order chi connectivity index (χ0) is 21.1. The Morgan fingerprint density at radius 2 is 1.43 bits per heavy atom. The molecule has 0 aromatic heterocycles. The van der Waals surface area contributed by atoms with Crippen molar-refractivity contribution in [2.75, 3.05) is 26.2 Å². The van der Waals surface area contributed by atoms with Crippen LogP contribution in [0.3, 0.4) is 0 Å². The number of piperazine rings is 1. The monoisotopic (exact) mass is 502 g/mol. The molecule has 0 bridgehead atoms. The Labute approximate surface area is 195 Å². The van der Waals surface area contributed by atoms with E-state index in [0.717, 1.165) is 17.6 Å². The molecule has 1 atom stereocenters. The van der Waals surface area contributed by atoms with Crippen LogP contribution in [0.1, 0.15) is 27.5 Å².